The molecule has 0 aliphatic carbocycles. The van der Waals surface area contributed by atoms with Gasteiger partial charge in [0.05, 0.1) is 19.1 Å². The Morgan fingerprint density at radius 3 is 2.59 bits per heavy atom. The number of likely N-dealkylation sites (tertiary alicyclic amines) is 1. The number of hydrogen-bond acceptors (Lipinski definition) is 4. The van der Waals surface area contributed by atoms with Crippen LogP contribution in [0.3, 0.4) is 0 Å². The predicted molar refractivity (Wildman–Crippen MR) is 64.1 cm³/mol. The lowest BCUT2D eigenvalue weighted by atomic mass is 9.98. The molecule has 0 aromatic rings. The minimum Gasteiger partial charge on any atom is -0.481 e. The molecule has 2 rings (SSSR count). The van der Waals surface area contributed by atoms with Crippen molar-refractivity contribution in [2.75, 3.05) is 52.5 Å². The number of hydrogen-bond donors (Lipinski definition) is 1. The van der Waals surface area contributed by atoms with Gasteiger partial charge in [0.15, 0.2) is 0 Å². The summed E-state index contributed by atoms with van der Waals surface area (Å²) in [6.07, 6.45) is 1.85. The van der Waals surface area contributed by atoms with Gasteiger partial charge in [0.1, 0.15) is 0 Å². The van der Waals surface area contributed by atoms with Gasteiger partial charge in [-0.15, -0.1) is 0 Å². The Balaban J connectivity index is 1.69. The Labute approximate surface area is 102 Å². The maximum atomic E-state index is 11.0. The predicted octanol–water partition coefficient (Wildman–Crippen LogP) is 0.115. The van der Waals surface area contributed by atoms with Crippen LogP contribution in [0.25, 0.3) is 0 Å². The third kappa shape index (κ3) is 3.94. The summed E-state index contributed by atoms with van der Waals surface area (Å²) in [5, 5.41) is 9.02. The van der Waals surface area contributed by atoms with Crippen molar-refractivity contribution in [1.82, 2.24) is 9.80 Å². The van der Waals surface area contributed by atoms with E-state index in [0.717, 1.165) is 65.3 Å². The highest BCUT2D eigenvalue weighted by molar-refractivity contribution is 5.70. The quantitative estimate of drug-likeness (QED) is 0.758. The normalized spacial score (nSPS) is 28.1. The van der Waals surface area contributed by atoms with Crippen LogP contribution in [0.5, 0.6) is 0 Å². The fourth-order valence-electron chi connectivity index (χ4n) is 2.57. The van der Waals surface area contributed by atoms with Crippen LogP contribution in [-0.2, 0) is 9.53 Å². The zero-order valence-corrected chi connectivity index (χ0v) is 10.3. The smallest absolute Gasteiger partial charge is 0.307 e. The van der Waals surface area contributed by atoms with Crippen LogP contribution in [-0.4, -0.2) is 73.4 Å². The van der Waals surface area contributed by atoms with Gasteiger partial charge < -0.3 is 14.7 Å². The van der Waals surface area contributed by atoms with Gasteiger partial charge in [-0.2, -0.15) is 0 Å². The van der Waals surface area contributed by atoms with Crippen molar-refractivity contribution in [2.45, 2.75) is 12.8 Å². The van der Waals surface area contributed by atoms with Crippen LogP contribution < -0.4 is 0 Å². The first-order chi connectivity index (χ1) is 8.25. The number of carbonyl (C=O) groups is 1. The summed E-state index contributed by atoms with van der Waals surface area (Å²) in [6.45, 7) is 7.48. The topological polar surface area (TPSA) is 53.0 Å². The summed E-state index contributed by atoms with van der Waals surface area (Å²) >= 11 is 0. The number of rotatable bonds is 4. The standard InChI is InChI=1S/C12H22N2O3/c15-12(16)11-2-1-3-14(10-11)5-4-13-6-8-17-9-7-13/h11H,1-10H2,(H,15,16). The molecule has 17 heavy (non-hydrogen) atoms. The van der Waals surface area contributed by atoms with Crippen molar-refractivity contribution in [3.8, 4) is 0 Å². The van der Waals surface area contributed by atoms with Gasteiger partial charge in [-0.1, -0.05) is 0 Å². The SMILES string of the molecule is O=C(O)C1CCCN(CCN2CCOCC2)C1. The van der Waals surface area contributed by atoms with Crippen LogP contribution >= 0.6 is 0 Å². The molecule has 2 aliphatic rings. The minimum atomic E-state index is -0.638. The summed E-state index contributed by atoms with van der Waals surface area (Å²) in [4.78, 5) is 15.6. The molecular weight excluding hydrogens is 220 g/mol. The average molecular weight is 242 g/mol. The summed E-state index contributed by atoms with van der Waals surface area (Å²) in [6, 6.07) is 0. The maximum absolute atomic E-state index is 11.0. The maximum Gasteiger partial charge on any atom is 0.307 e. The number of piperidine rings is 1. The van der Waals surface area contributed by atoms with Crippen molar-refractivity contribution >= 4 is 5.97 Å². The molecule has 0 radical (unpaired) electrons. The lowest BCUT2D eigenvalue weighted by Gasteiger charge is -2.33. The van der Waals surface area contributed by atoms with E-state index < -0.39 is 5.97 Å². The molecule has 1 N–H and O–H groups in total. The van der Waals surface area contributed by atoms with Gasteiger partial charge in [0.25, 0.3) is 0 Å². The van der Waals surface area contributed by atoms with E-state index >= 15 is 0 Å². The molecule has 0 saturated carbocycles. The number of aliphatic carboxylic acids is 1. The van der Waals surface area contributed by atoms with Crippen LogP contribution in [0.1, 0.15) is 12.8 Å². The van der Waals surface area contributed by atoms with Gasteiger partial charge in [-0.3, -0.25) is 9.69 Å². The van der Waals surface area contributed by atoms with Crippen molar-refractivity contribution in [3.05, 3.63) is 0 Å². The third-order valence-corrected chi connectivity index (χ3v) is 3.69. The lowest BCUT2D eigenvalue weighted by Crippen LogP contribution is -2.45. The van der Waals surface area contributed by atoms with Crippen LogP contribution in [0.15, 0.2) is 0 Å². The molecule has 2 fully saturated rings. The first kappa shape index (κ1) is 12.8. The Kier molecular flexibility index (Phi) is 4.76. The van der Waals surface area contributed by atoms with Gasteiger partial charge in [0, 0.05) is 32.7 Å². The Morgan fingerprint density at radius 1 is 1.18 bits per heavy atom. The summed E-state index contributed by atoms with van der Waals surface area (Å²) < 4.78 is 5.31. The second-order valence-corrected chi connectivity index (χ2v) is 4.93. The van der Waals surface area contributed by atoms with E-state index in [1.807, 2.05) is 0 Å². The molecule has 2 saturated heterocycles. The first-order valence-corrected chi connectivity index (χ1v) is 6.51. The van der Waals surface area contributed by atoms with E-state index in [9.17, 15) is 4.79 Å². The van der Waals surface area contributed by atoms with Crippen LogP contribution in [0.2, 0.25) is 0 Å². The van der Waals surface area contributed by atoms with Crippen LogP contribution in [0.4, 0.5) is 0 Å². The van der Waals surface area contributed by atoms with Crippen molar-refractivity contribution in [2.24, 2.45) is 5.92 Å². The molecule has 0 spiro atoms. The Morgan fingerprint density at radius 2 is 1.88 bits per heavy atom. The van der Waals surface area contributed by atoms with E-state index in [4.69, 9.17) is 9.84 Å². The number of nitrogens with zero attached hydrogens (tertiary/aromatic N) is 2. The van der Waals surface area contributed by atoms with Gasteiger partial charge >= 0.3 is 5.97 Å². The number of carboxylic acids is 1. The second-order valence-electron chi connectivity index (χ2n) is 4.93. The molecule has 0 amide bonds. The molecular formula is C12H22N2O3. The highest BCUT2D eigenvalue weighted by Gasteiger charge is 2.25. The monoisotopic (exact) mass is 242 g/mol. The van der Waals surface area contributed by atoms with Crippen molar-refractivity contribution in [3.63, 3.8) is 0 Å². The largest absolute Gasteiger partial charge is 0.481 e. The van der Waals surface area contributed by atoms with E-state index in [0.29, 0.717) is 0 Å². The highest BCUT2D eigenvalue weighted by Crippen LogP contribution is 2.16. The zero-order chi connectivity index (χ0) is 12.1. The summed E-state index contributed by atoms with van der Waals surface area (Å²) in [7, 11) is 0. The van der Waals surface area contributed by atoms with Gasteiger partial charge in [-0.05, 0) is 19.4 Å². The highest BCUT2D eigenvalue weighted by atomic mass is 16.5. The summed E-state index contributed by atoms with van der Waals surface area (Å²) in [5.41, 5.74) is 0. The fourth-order valence-corrected chi connectivity index (χ4v) is 2.57. The van der Waals surface area contributed by atoms with E-state index in [1.165, 1.54) is 0 Å². The third-order valence-electron chi connectivity index (χ3n) is 3.69. The molecule has 5 nitrogen and oxygen atoms in total. The minimum absolute atomic E-state index is 0.159. The Hall–Kier alpha value is -0.650. The summed E-state index contributed by atoms with van der Waals surface area (Å²) in [5.74, 6) is -0.797. The fraction of sp³-hybridized carbons (Fsp3) is 0.917. The van der Waals surface area contributed by atoms with Crippen molar-refractivity contribution in [1.29, 1.82) is 0 Å². The molecule has 2 heterocycles. The van der Waals surface area contributed by atoms with Gasteiger partial charge in [0.2, 0.25) is 0 Å². The van der Waals surface area contributed by atoms with Gasteiger partial charge in [-0.25, -0.2) is 0 Å². The molecule has 1 unspecified atom stereocenters. The first-order valence-electron chi connectivity index (χ1n) is 6.51. The number of morpholine rings is 1. The average Bonchev–Trinajstić information content (AvgIpc) is 2.38. The molecule has 0 bridgehead atoms. The van der Waals surface area contributed by atoms with Crippen molar-refractivity contribution < 1.29 is 14.6 Å². The Bertz CT molecular complexity index is 254. The molecule has 0 aromatic carbocycles. The van der Waals surface area contributed by atoms with E-state index in [2.05, 4.69) is 9.80 Å². The van der Waals surface area contributed by atoms with E-state index in [-0.39, 0.29) is 5.92 Å². The zero-order valence-electron chi connectivity index (χ0n) is 10.3. The molecule has 2 aliphatic heterocycles. The number of ether oxygens (including phenoxy) is 1. The van der Waals surface area contributed by atoms with E-state index in [1.54, 1.807) is 0 Å². The number of carboxylic acid groups (broad SMARTS) is 1. The molecule has 0 aromatic heterocycles. The lowest BCUT2D eigenvalue weighted by molar-refractivity contribution is -0.143. The second kappa shape index (κ2) is 6.33. The van der Waals surface area contributed by atoms with Crippen LogP contribution in [0, 0.1) is 5.92 Å². The molecule has 1 atom stereocenters. The molecule has 5 heteroatoms. The molecule has 98 valence electrons.